The summed E-state index contributed by atoms with van der Waals surface area (Å²) in [6.07, 6.45) is 1.80. The second-order valence-electron chi connectivity index (χ2n) is 6.37. The normalized spacial score (nSPS) is 16.6. The maximum atomic E-state index is 12.7. The molecule has 158 valence electrons. The minimum Gasteiger partial charge on any atom is -0.493 e. The van der Waals surface area contributed by atoms with Gasteiger partial charge in [-0.1, -0.05) is 35.3 Å². The number of hydrogen-bond donors (Lipinski definition) is 0. The summed E-state index contributed by atoms with van der Waals surface area (Å²) in [6.45, 7) is 5.40. The van der Waals surface area contributed by atoms with Crippen LogP contribution in [0.2, 0.25) is 10.0 Å². The van der Waals surface area contributed by atoms with E-state index < -0.39 is 0 Å². The minimum absolute atomic E-state index is 0.0622. The lowest BCUT2D eigenvalue weighted by atomic mass is 10.1. The molecular weight excluding hydrogens is 443 g/mol. The summed E-state index contributed by atoms with van der Waals surface area (Å²) in [5.41, 5.74) is 1.71. The van der Waals surface area contributed by atoms with Gasteiger partial charge >= 0.3 is 0 Å². The van der Waals surface area contributed by atoms with Gasteiger partial charge in [-0.25, -0.2) is 0 Å². The van der Waals surface area contributed by atoms with E-state index in [-0.39, 0.29) is 5.91 Å². The van der Waals surface area contributed by atoms with Gasteiger partial charge in [-0.05, 0) is 67.1 Å². The molecule has 8 heteroatoms. The number of thioether (sulfide) groups is 1. The van der Waals surface area contributed by atoms with Crippen molar-refractivity contribution in [1.29, 1.82) is 0 Å². The first-order chi connectivity index (χ1) is 14.5. The highest BCUT2D eigenvalue weighted by Gasteiger charge is 2.31. The van der Waals surface area contributed by atoms with Crippen LogP contribution in [-0.4, -0.2) is 36.2 Å². The summed E-state index contributed by atoms with van der Waals surface area (Å²) < 4.78 is 11.4. The van der Waals surface area contributed by atoms with E-state index in [1.54, 1.807) is 42.4 Å². The van der Waals surface area contributed by atoms with Crippen LogP contribution in [0.4, 0.5) is 0 Å². The van der Waals surface area contributed by atoms with E-state index in [0.29, 0.717) is 46.1 Å². The molecule has 5 nitrogen and oxygen atoms in total. The lowest BCUT2D eigenvalue weighted by Crippen LogP contribution is -2.28. The third-order valence-electron chi connectivity index (χ3n) is 4.34. The first kappa shape index (κ1) is 22.5. The van der Waals surface area contributed by atoms with Crippen LogP contribution in [0.25, 0.3) is 6.08 Å². The zero-order valence-corrected chi connectivity index (χ0v) is 19.3. The number of nitrogens with zero attached hydrogens (tertiary/aromatic N) is 2. The van der Waals surface area contributed by atoms with Crippen LogP contribution in [0.1, 0.15) is 25.0 Å². The number of amides is 1. The fourth-order valence-electron chi connectivity index (χ4n) is 2.89. The average Bonchev–Trinajstić information content (AvgIpc) is 3.02. The first-order valence-electron chi connectivity index (χ1n) is 9.47. The molecule has 0 radical (unpaired) electrons. The predicted molar refractivity (Wildman–Crippen MR) is 125 cm³/mol. The van der Waals surface area contributed by atoms with Crippen LogP contribution in [-0.2, 0) is 11.4 Å². The average molecular weight is 465 g/mol. The number of halogens is 2. The molecule has 0 N–H and O–H groups in total. The molecule has 1 aliphatic rings. The van der Waals surface area contributed by atoms with Crippen LogP contribution < -0.4 is 9.47 Å². The van der Waals surface area contributed by atoms with Crippen molar-refractivity contribution in [2.24, 2.45) is 4.99 Å². The molecule has 1 saturated heterocycles. The lowest BCUT2D eigenvalue weighted by Gasteiger charge is -2.14. The number of likely N-dealkylation sites (N-methyl/N-ethyl adjacent to an activating group) is 1. The molecule has 1 amide bonds. The maximum absolute atomic E-state index is 12.7. The predicted octanol–water partition coefficient (Wildman–Crippen LogP) is 5.89. The third-order valence-corrected chi connectivity index (χ3v) is 5.92. The second kappa shape index (κ2) is 10.2. The van der Waals surface area contributed by atoms with E-state index in [0.717, 1.165) is 16.3 Å². The summed E-state index contributed by atoms with van der Waals surface area (Å²) in [4.78, 5) is 19.3. The largest absolute Gasteiger partial charge is 0.493 e. The molecule has 3 rings (SSSR count). The summed E-state index contributed by atoms with van der Waals surface area (Å²) >= 11 is 13.8. The Morgan fingerprint density at radius 2 is 1.90 bits per heavy atom. The van der Waals surface area contributed by atoms with Gasteiger partial charge in [-0.3, -0.25) is 14.7 Å². The van der Waals surface area contributed by atoms with Crippen LogP contribution in [0.5, 0.6) is 11.5 Å². The highest BCUT2D eigenvalue weighted by molar-refractivity contribution is 8.18. The van der Waals surface area contributed by atoms with E-state index in [4.69, 9.17) is 32.7 Å². The Morgan fingerprint density at radius 1 is 1.17 bits per heavy atom. The Labute approximate surface area is 190 Å². The Balaban J connectivity index is 1.84. The van der Waals surface area contributed by atoms with E-state index in [1.165, 1.54) is 11.8 Å². The molecule has 1 heterocycles. The molecule has 30 heavy (non-hydrogen) atoms. The van der Waals surface area contributed by atoms with Gasteiger partial charge in [-0.2, -0.15) is 0 Å². The maximum Gasteiger partial charge on any atom is 0.266 e. The van der Waals surface area contributed by atoms with Gasteiger partial charge in [0.15, 0.2) is 16.7 Å². The van der Waals surface area contributed by atoms with Crippen molar-refractivity contribution in [1.82, 2.24) is 4.90 Å². The molecule has 0 spiro atoms. The van der Waals surface area contributed by atoms with Crippen LogP contribution in [0.15, 0.2) is 46.3 Å². The SMILES string of the molecule is CCN=C1S/C(=C\c2cc(Cl)c(OCc3ccc(Cl)cc3)c(OC)c2)C(=O)N1CC. The van der Waals surface area contributed by atoms with Crippen LogP contribution in [0, 0.1) is 0 Å². The monoisotopic (exact) mass is 464 g/mol. The molecule has 0 bridgehead atoms. The van der Waals surface area contributed by atoms with Gasteiger partial charge in [0.05, 0.1) is 17.0 Å². The molecule has 2 aromatic rings. The van der Waals surface area contributed by atoms with Crippen molar-refractivity contribution in [2.45, 2.75) is 20.5 Å². The van der Waals surface area contributed by atoms with Crippen molar-refractivity contribution in [2.75, 3.05) is 20.2 Å². The zero-order valence-electron chi connectivity index (χ0n) is 16.9. The number of hydrogen-bond acceptors (Lipinski definition) is 5. The quantitative estimate of drug-likeness (QED) is 0.479. The molecule has 1 fully saturated rings. The molecule has 2 aromatic carbocycles. The Morgan fingerprint density at radius 3 is 2.53 bits per heavy atom. The fourth-order valence-corrected chi connectivity index (χ4v) is 4.40. The lowest BCUT2D eigenvalue weighted by molar-refractivity contribution is -0.122. The number of carbonyl (C=O) groups excluding carboxylic acids is 1. The highest BCUT2D eigenvalue weighted by Crippen LogP contribution is 2.39. The molecule has 0 saturated carbocycles. The van der Waals surface area contributed by atoms with Crippen molar-refractivity contribution >= 4 is 52.1 Å². The topological polar surface area (TPSA) is 51.1 Å². The van der Waals surface area contributed by atoms with Gasteiger partial charge in [0.2, 0.25) is 0 Å². The van der Waals surface area contributed by atoms with Gasteiger partial charge in [0, 0.05) is 18.1 Å². The molecule has 1 aliphatic heterocycles. The molecular formula is C22H22Cl2N2O3S. The number of aliphatic imine (C=N–C) groups is 1. The summed E-state index contributed by atoms with van der Waals surface area (Å²) in [6, 6.07) is 10.9. The van der Waals surface area contributed by atoms with Gasteiger partial charge in [-0.15, -0.1) is 0 Å². The summed E-state index contributed by atoms with van der Waals surface area (Å²) in [5, 5.41) is 1.79. The minimum atomic E-state index is -0.0622. The van der Waals surface area contributed by atoms with Crippen molar-refractivity contribution in [3.63, 3.8) is 0 Å². The van der Waals surface area contributed by atoms with E-state index in [2.05, 4.69) is 4.99 Å². The van der Waals surface area contributed by atoms with Gasteiger partial charge < -0.3 is 9.47 Å². The molecule has 0 aliphatic carbocycles. The molecule has 0 aromatic heterocycles. The van der Waals surface area contributed by atoms with Crippen molar-refractivity contribution in [3.8, 4) is 11.5 Å². The highest BCUT2D eigenvalue weighted by atomic mass is 35.5. The van der Waals surface area contributed by atoms with E-state index in [1.807, 2.05) is 26.0 Å². The smallest absolute Gasteiger partial charge is 0.266 e. The van der Waals surface area contributed by atoms with Gasteiger partial charge in [0.1, 0.15) is 6.61 Å². The van der Waals surface area contributed by atoms with Crippen molar-refractivity contribution in [3.05, 3.63) is 62.5 Å². The third kappa shape index (κ3) is 5.12. The number of benzene rings is 2. The Bertz CT molecular complexity index is 991. The van der Waals surface area contributed by atoms with E-state index in [9.17, 15) is 4.79 Å². The van der Waals surface area contributed by atoms with Crippen LogP contribution in [0.3, 0.4) is 0 Å². The number of carbonyl (C=O) groups is 1. The number of rotatable bonds is 7. The van der Waals surface area contributed by atoms with E-state index >= 15 is 0 Å². The van der Waals surface area contributed by atoms with Crippen LogP contribution >= 0.6 is 35.0 Å². The number of amidine groups is 1. The summed E-state index contributed by atoms with van der Waals surface area (Å²) in [5.74, 6) is 0.881. The van der Waals surface area contributed by atoms with Crippen molar-refractivity contribution < 1.29 is 14.3 Å². The number of ether oxygens (including phenoxy) is 2. The molecule has 0 atom stereocenters. The first-order valence-corrected chi connectivity index (χ1v) is 11.0. The zero-order chi connectivity index (χ0) is 21.7. The Hall–Kier alpha value is -2.15. The van der Waals surface area contributed by atoms with Gasteiger partial charge in [0.25, 0.3) is 5.91 Å². The standard InChI is InChI=1S/C22H22Cl2N2O3S/c1-4-25-22-26(5-2)21(27)19(30-22)12-15-10-17(24)20(18(11-15)28-3)29-13-14-6-8-16(23)9-7-14/h6-12H,4-5,13H2,1-3H3/b19-12-,25-22?. The molecule has 0 unspecified atom stereocenters. The Kier molecular flexibility index (Phi) is 7.69. The fraction of sp³-hybridized carbons (Fsp3) is 0.273. The second-order valence-corrected chi connectivity index (χ2v) is 8.22. The summed E-state index contributed by atoms with van der Waals surface area (Å²) in [7, 11) is 1.55. The number of methoxy groups -OCH3 is 1.